The predicted molar refractivity (Wildman–Crippen MR) is 79.5 cm³/mol. The molecule has 1 aromatic rings. The lowest BCUT2D eigenvalue weighted by Crippen LogP contribution is -2.41. The summed E-state index contributed by atoms with van der Waals surface area (Å²) in [7, 11) is -0.790. The monoisotopic (exact) mass is 295 g/mol. The lowest BCUT2D eigenvalue weighted by molar-refractivity contribution is 0.534. The summed E-state index contributed by atoms with van der Waals surface area (Å²) in [5.74, 6) is -0.144. The maximum absolute atomic E-state index is 12.3. The van der Waals surface area contributed by atoms with Gasteiger partial charge in [-0.15, -0.1) is 0 Å². The van der Waals surface area contributed by atoms with Gasteiger partial charge in [-0.25, -0.2) is 17.7 Å². The Morgan fingerprint density at radius 3 is 2.50 bits per heavy atom. The van der Waals surface area contributed by atoms with Crippen LogP contribution < -0.4 is 10.6 Å². The topological polar surface area (TPSA) is 103 Å². The average Bonchev–Trinajstić information content (AvgIpc) is 2.85. The first-order chi connectivity index (χ1) is 9.34. The van der Waals surface area contributed by atoms with Crippen molar-refractivity contribution >= 4 is 26.7 Å². The number of nitrogens with zero attached hydrogens (tertiary/aromatic N) is 3. The largest absolute Gasteiger partial charge is 0.386 e. The van der Waals surface area contributed by atoms with Gasteiger partial charge in [0.2, 0.25) is 5.17 Å². The van der Waals surface area contributed by atoms with Gasteiger partial charge in [0.25, 0.3) is 10.0 Å². The summed E-state index contributed by atoms with van der Waals surface area (Å²) in [5, 5.41) is 7.41. The van der Waals surface area contributed by atoms with E-state index >= 15 is 0 Å². The first kappa shape index (κ1) is 14.5. The van der Waals surface area contributed by atoms with Gasteiger partial charge in [0.1, 0.15) is 11.9 Å². The van der Waals surface area contributed by atoms with Crippen molar-refractivity contribution in [2.45, 2.75) is 6.04 Å². The number of amidine groups is 2. The van der Waals surface area contributed by atoms with Gasteiger partial charge in [-0.2, -0.15) is 0 Å². The molecule has 3 N–H and O–H groups in total. The van der Waals surface area contributed by atoms with Crippen LogP contribution in [0.5, 0.6) is 0 Å². The molecule has 20 heavy (non-hydrogen) atoms. The third-order valence-corrected chi connectivity index (χ3v) is 4.74. The highest BCUT2D eigenvalue weighted by Crippen LogP contribution is 2.23. The molecule has 1 atom stereocenters. The molecule has 0 spiro atoms. The number of aliphatic imine (C=N–C) groups is 1. The fraction of sp³-hybridized carbons (Fsp3) is 0.333. The molecule has 2 rings (SSSR count). The zero-order valence-electron chi connectivity index (χ0n) is 11.3. The van der Waals surface area contributed by atoms with Crippen molar-refractivity contribution in [2.75, 3.05) is 25.5 Å². The number of sulfonamides is 1. The van der Waals surface area contributed by atoms with Gasteiger partial charge < -0.3 is 10.6 Å². The van der Waals surface area contributed by atoms with Crippen molar-refractivity contribution < 1.29 is 8.42 Å². The molecule has 0 aliphatic carbocycles. The maximum Gasteiger partial charge on any atom is 0.276 e. The second-order valence-electron chi connectivity index (χ2n) is 4.62. The first-order valence-electron chi connectivity index (χ1n) is 6.01. The van der Waals surface area contributed by atoms with Gasteiger partial charge in [0, 0.05) is 19.8 Å². The second kappa shape index (κ2) is 5.22. The molecule has 1 aliphatic rings. The summed E-state index contributed by atoms with van der Waals surface area (Å²) in [5.41, 5.74) is 6.17. The molecular weight excluding hydrogens is 278 g/mol. The lowest BCUT2D eigenvalue weighted by Gasteiger charge is -2.22. The fourth-order valence-electron chi connectivity index (χ4n) is 1.86. The highest BCUT2D eigenvalue weighted by atomic mass is 32.2. The number of hydrogen-bond donors (Lipinski definition) is 2. The van der Waals surface area contributed by atoms with E-state index < -0.39 is 16.1 Å². The van der Waals surface area contributed by atoms with Gasteiger partial charge in [-0.1, -0.05) is 18.2 Å². The molecule has 108 valence electrons. The molecule has 0 amide bonds. The standard InChI is InChI=1S/C12H17N5O2S/c1-16(2)20(18,19)12-15-10(11(13)14)8-17(12)9-6-4-3-5-7-9/h3-7,10H,8H2,1-2H3,(H3,13,14). The van der Waals surface area contributed by atoms with E-state index in [4.69, 9.17) is 11.1 Å². The second-order valence-corrected chi connectivity index (χ2v) is 6.66. The van der Waals surface area contributed by atoms with Crippen molar-refractivity contribution in [3.05, 3.63) is 30.3 Å². The summed E-state index contributed by atoms with van der Waals surface area (Å²) >= 11 is 0. The SMILES string of the molecule is CN(C)S(=O)(=O)C1=NC(C(=N)N)CN1c1ccccc1. The zero-order valence-corrected chi connectivity index (χ0v) is 12.1. The summed E-state index contributed by atoms with van der Waals surface area (Å²) in [6, 6.07) is 8.43. The number of hydrogen-bond acceptors (Lipinski definition) is 5. The Kier molecular flexibility index (Phi) is 3.78. The van der Waals surface area contributed by atoms with Crippen LogP contribution in [-0.2, 0) is 10.0 Å². The molecule has 0 bridgehead atoms. The zero-order chi connectivity index (χ0) is 14.9. The molecule has 0 radical (unpaired) electrons. The van der Waals surface area contributed by atoms with E-state index in [1.54, 1.807) is 17.0 Å². The van der Waals surface area contributed by atoms with Crippen molar-refractivity contribution in [3.63, 3.8) is 0 Å². The summed E-state index contributed by atoms with van der Waals surface area (Å²) in [6.07, 6.45) is 0. The smallest absolute Gasteiger partial charge is 0.276 e. The number of rotatable bonds is 3. The van der Waals surface area contributed by atoms with Crippen molar-refractivity contribution in [1.29, 1.82) is 5.41 Å². The summed E-state index contributed by atoms with van der Waals surface area (Å²) in [4.78, 5) is 5.67. The van der Waals surface area contributed by atoms with Gasteiger partial charge in [0.05, 0.1) is 6.54 Å². The summed E-state index contributed by atoms with van der Waals surface area (Å²) < 4.78 is 25.8. The number of benzene rings is 1. The Hall–Kier alpha value is -1.93. The highest BCUT2D eigenvalue weighted by Gasteiger charge is 2.37. The number of para-hydroxylation sites is 1. The number of nitrogens with two attached hydrogens (primary N) is 1. The number of nitrogens with one attached hydrogen (secondary N) is 1. The molecule has 0 fully saturated rings. The maximum atomic E-state index is 12.3. The molecule has 0 aromatic heterocycles. The van der Waals surface area contributed by atoms with Crippen LogP contribution in [0.1, 0.15) is 0 Å². The van der Waals surface area contributed by atoms with Crippen LogP contribution in [-0.4, -0.2) is 50.4 Å². The fourth-order valence-corrected chi connectivity index (χ4v) is 2.90. The van der Waals surface area contributed by atoms with Crippen LogP contribution in [0.3, 0.4) is 0 Å². The van der Waals surface area contributed by atoms with Gasteiger partial charge >= 0.3 is 0 Å². The van der Waals surface area contributed by atoms with Crippen LogP contribution in [0, 0.1) is 5.41 Å². The van der Waals surface area contributed by atoms with Crippen LogP contribution in [0.4, 0.5) is 5.69 Å². The van der Waals surface area contributed by atoms with Crippen molar-refractivity contribution in [2.24, 2.45) is 10.7 Å². The van der Waals surface area contributed by atoms with E-state index in [-0.39, 0.29) is 17.5 Å². The molecule has 1 aromatic carbocycles. The Balaban J connectivity index is 2.48. The molecule has 0 saturated carbocycles. The average molecular weight is 295 g/mol. The Labute approximate surface area is 118 Å². The molecular formula is C12H17N5O2S. The minimum Gasteiger partial charge on any atom is -0.386 e. The van der Waals surface area contributed by atoms with E-state index in [1.165, 1.54) is 14.1 Å². The quantitative estimate of drug-likeness (QED) is 0.608. The highest BCUT2D eigenvalue weighted by molar-refractivity contribution is 8.04. The van der Waals surface area contributed by atoms with Crippen molar-refractivity contribution in [3.8, 4) is 0 Å². The molecule has 1 aliphatic heterocycles. The van der Waals surface area contributed by atoms with Crippen molar-refractivity contribution in [1.82, 2.24) is 4.31 Å². The Morgan fingerprint density at radius 2 is 2.00 bits per heavy atom. The Bertz CT molecular complexity index is 639. The third-order valence-electron chi connectivity index (χ3n) is 2.99. The minimum atomic E-state index is -3.68. The van der Waals surface area contributed by atoms with E-state index in [0.717, 1.165) is 4.31 Å². The van der Waals surface area contributed by atoms with E-state index in [2.05, 4.69) is 4.99 Å². The number of anilines is 1. The molecule has 1 heterocycles. The third kappa shape index (κ3) is 2.52. The summed E-state index contributed by atoms with van der Waals surface area (Å²) in [6.45, 7) is 0.252. The predicted octanol–water partition coefficient (Wildman–Crippen LogP) is 0.0586. The first-order valence-corrected chi connectivity index (χ1v) is 7.45. The molecule has 1 unspecified atom stereocenters. The van der Waals surface area contributed by atoms with E-state index in [0.29, 0.717) is 5.69 Å². The Morgan fingerprint density at radius 1 is 1.40 bits per heavy atom. The van der Waals surface area contributed by atoms with Crippen LogP contribution >= 0.6 is 0 Å². The van der Waals surface area contributed by atoms with E-state index in [9.17, 15) is 8.42 Å². The van der Waals surface area contributed by atoms with Gasteiger partial charge in [0.15, 0.2) is 0 Å². The van der Waals surface area contributed by atoms with E-state index in [1.807, 2.05) is 18.2 Å². The van der Waals surface area contributed by atoms with Gasteiger partial charge in [-0.05, 0) is 12.1 Å². The van der Waals surface area contributed by atoms with Crippen LogP contribution in [0.15, 0.2) is 35.3 Å². The normalized spacial score (nSPS) is 19.2. The molecule has 8 heteroatoms. The van der Waals surface area contributed by atoms with Gasteiger partial charge in [-0.3, -0.25) is 5.41 Å². The van der Waals surface area contributed by atoms with Crippen LogP contribution in [0.25, 0.3) is 0 Å². The van der Waals surface area contributed by atoms with Crippen LogP contribution in [0.2, 0.25) is 0 Å². The molecule has 7 nitrogen and oxygen atoms in total. The minimum absolute atomic E-state index is 0.0751. The molecule has 0 saturated heterocycles. The lowest BCUT2D eigenvalue weighted by atomic mass is 10.2.